The van der Waals surface area contributed by atoms with Crippen LogP contribution < -0.4 is 0 Å². The standard InChI is InChI=1S/C12H9Cl3OS/c1-6-4-7(2-3-9(6)13)11(16)8-5-10(14)17-12(8)15/h2-5,11,16H,1H3. The molecule has 2 aromatic rings. The van der Waals surface area contributed by atoms with Crippen molar-refractivity contribution in [2.45, 2.75) is 13.0 Å². The van der Waals surface area contributed by atoms with Gasteiger partial charge in [0.2, 0.25) is 0 Å². The molecule has 0 spiro atoms. The van der Waals surface area contributed by atoms with E-state index in [1.165, 1.54) is 11.3 Å². The molecule has 2 rings (SSSR count). The fourth-order valence-electron chi connectivity index (χ4n) is 1.56. The minimum atomic E-state index is -0.776. The van der Waals surface area contributed by atoms with Crippen LogP contribution in [-0.2, 0) is 0 Å². The predicted molar refractivity (Wildman–Crippen MR) is 74.6 cm³/mol. The summed E-state index contributed by atoms with van der Waals surface area (Å²) in [6.45, 7) is 1.89. The van der Waals surface area contributed by atoms with Crippen LogP contribution in [0.5, 0.6) is 0 Å². The van der Waals surface area contributed by atoms with Crippen LogP contribution in [-0.4, -0.2) is 5.11 Å². The first-order chi connectivity index (χ1) is 7.99. The van der Waals surface area contributed by atoms with Gasteiger partial charge in [0, 0.05) is 10.6 Å². The Kier molecular flexibility index (Phi) is 4.01. The number of benzene rings is 1. The van der Waals surface area contributed by atoms with Crippen molar-refractivity contribution in [3.8, 4) is 0 Å². The summed E-state index contributed by atoms with van der Waals surface area (Å²) in [5.74, 6) is 0. The van der Waals surface area contributed by atoms with Gasteiger partial charge in [0.15, 0.2) is 0 Å². The van der Waals surface area contributed by atoms with Crippen molar-refractivity contribution in [1.29, 1.82) is 0 Å². The van der Waals surface area contributed by atoms with E-state index in [0.717, 1.165) is 11.1 Å². The van der Waals surface area contributed by atoms with Crippen molar-refractivity contribution in [1.82, 2.24) is 0 Å². The van der Waals surface area contributed by atoms with E-state index in [2.05, 4.69) is 0 Å². The molecule has 1 atom stereocenters. The molecule has 1 aromatic heterocycles. The zero-order valence-corrected chi connectivity index (χ0v) is 12.0. The Morgan fingerprint density at radius 3 is 2.41 bits per heavy atom. The van der Waals surface area contributed by atoms with Crippen LogP contribution >= 0.6 is 46.1 Å². The van der Waals surface area contributed by atoms with E-state index in [1.54, 1.807) is 18.2 Å². The van der Waals surface area contributed by atoms with Gasteiger partial charge in [0.1, 0.15) is 10.4 Å². The summed E-state index contributed by atoms with van der Waals surface area (Å²) in [4.78, 5) is 0. The largest absolute Gasteiger partial charge is 0.384 e. The Morgan fingerprint density at radius 2 is 1.88 bits per heavy atom. The highest BCUT2D eigenvalue weighted by molar-refractivity contribution is 7.20. The number of halogens is 3. The third kappa shape index (κ3) is 2.78. The molecule has 1 heterocycles. The second-order valence-electron chi connectivity index (χ2n) is 3.69. The molecule has 0 fully saturated rings. The van der Waals surface area contributed by atoms with Gasteiger partial charge in [-0.15, -0.1) is 11.3 Å². The van der Waals surface area contributed by atoms with Gasteiger partial charge in [-0.05, 0) is 30.2 Å². The van der Waals surface area contributed by atoms with Crippen LogP contribution in [0.25, 0.3) is 0 Å². The maximum absolute atomic E-state index is 10.2. The van der Waals surface area contributed by atoms with Crippen LogP contribution in [0.1, 0.15) is 22.8 Å². The maximum Gasteiger partial charge on any atom is 0.106 e. The number of aliphatic hydroxyl groups excluding tert-OH is 1. The molecule has 1 unspecified atom stereocenters. The molecule has 0 amide bonds. The highest BCUT2D eigenvalue weighted by Gasteiger charge is 2.17. The third-order valence-corrected chi connectivity index (χ3v) is 4.42. The SMILES string of the molecule is Cc1cc(C(O)c2cc(Cl)sc2Cl)ccc1Cl. The van der Waals surface area contributed by atoms with Gasteiger partial charge in [-0.3, -0.25) is 0 Å². The number of aliphatic hydroxyl groups is 1. The van der Waals surface area contributed by atoms with Crippen molar-refractivity contribution in [2.24, 2.45) is 0 Å². The van der Waals surface area contributed by atoms with E-state index in [4.69, 9.17) is 34.8 Å². The molecule has 1 N–H and O–H groups in total. The highest BCUT2D eigenvalue weighted by Crippen LogP contribution is 2.37. The van der Waals surface area contributed by atoms with Crippen molar-refractivity contribution in [3.63, 3.8) is 0 Å². The van der Waals surface area contributed by atoms with Gasteiger partial charge in [-0.1, -0.05) is 46.9 Å². The second-order valence-corrected chi connectivity index (χ2v) is 6.38. The molecule has 0 saturated carbocycles. The van der Waals surface area contributed by atoms with Crippen LogP contribution in [0.4, 0.5) is 0 Å². The smallest absolute Gasteiger partial charge is 0.106 e. The molecule has 5 heteroatoms. The molecular formula is C12H9Cl3OS. The van der Waals surface area contributed by atoms with Crippen LogP contribution in [0.15, 0.2) is 24.3 Å². The summed E-state index contributed by atoms with van der Waals surface area (Å²) < 4.78 is 1.07. The first kappa shape index (κ1) is 13.2. The van der Waals surface area contributed by atoms with E-state index < -0.39 is 6.10 Å². The lowest BCUT2D eigenvalue weighted by atomic mass is 10.0. The molecule has 0 saturated heterocycles. The van der Waals surface area contributed by atoms with Gasteiger partial charge in [0.05, 0.1) is 4.34 Å². The minimum absolute atomic E-state index is 0.509. The van der Waals surface area contributed by atoms with Crippen LogP contribution in [0.2, 0.25) is 13.7 Å². The van der Waals surface area contributed by atoms with E-state index in [-0.39, 0.29) is 0 Å². The summed E-state index contributed by atoms with van der Waals surface area (Å²) in [6.07, 6.45) is -0.776. The van der Waals surface area contributed by atoms with Crippen LogP contribution in [0.3, 0.4) is 0 Å². The van der Waals surface area contributed by atoms with E-state index >= 15 is 0 Å². The Balaban J connectivity index is 2.40. The molecule has 0 aliphatic heterocycles. The summed E-state index contributed by atoms with van der Waals surface area (Å²) in [5, 5.41) is 10.9. The lowest BCUT2D eigenvalue weighted by Crippen LogP contribution is -1.99. The van der Waals surface area contributed by atoms with Gasteiger partial charge in [0.25, 0.3) is 0 Å². The molecule has 1 nitrogen and oxygen atoms in total. The monoisotopic (exact) mass is 306 g/mol. The van der Waals surface area contributed by atoms with Gasteiger partial charge in [-0.2, -0.15) is 0 Å². The maximum atomic E-state index is 10.2. The normalized spacial score (nSPS) is 12.8. The number of hydrogen-bond acceptors (Lipinski definition) is 2. The van der Waals surface area contributed by atoms with E-state index in [0.29, 0.717) is 19.3 Å². The lowest BCUT2D eigenvalue weighted by molar-refractivity contribution is 0.221. The number of aryl methyl sites for hydroxylation is 1. The number of hydrogen-bond donors (Lipinski definition) is 1. The molecule has 1 aromatic carbocycles. The first-order valence-corrected chi connectivity index (χ1v) is 6.83. The Bertz CT molecular complexity index is 551. The molecule has 0 aliphatic carbocycles. The topological polar surface area (TPSA) is 20.2 Å². The van der Waals surface area contributed by atoms with Crippen molar-refractivity contribution in [2.75, 3.05) is 0 Å². The quantitative estimate of drug-likeness (QED) is 0.818. The highest BCUT2D eigenvalue weighted by atomic mass is 35.5. The average Bonchev–Trinajstić information content (AvgIpc) is 2.61. The predicted octanol–water partition coefficient (Wildman–Crippen LogP) is 5.10. The van der Waals surface area contributed by atoms with Crippen LogP contribution in [0, 0.1) is 6.92 Å². The van der Waals surface area contributed by atoms with E-state index in [9.17, 15) is 5.11 Å². The molecular weight excluding hydrogens is 299 g/mol. The van der Waals surface area contributed by atoms with E-state index in [1.807, 2.05) is 13.0 Å². The fraction of sp³-hybridized carbons (Fsp3) is 0.167. The zero-order chi connectivity index (χ0) is 12.6. The Morgan fingerprint density at radius 1 is 1.18 bits per heavy atom. The van der Waals surface area contributed by atoms with Gasteiger partial charge in [-0.25, -0.2) is 0 Å². The zero-order valence-electron chi connectivity index (χ0n) is 8.88. The fourth-order valence-corrected chi connectivity index (χ4v) is 3.19. The lowest BCUT2D eigenvalue weighted by Gasteiger charge is -2.11. The molecule has 0 bridgehead atoms. The summed E-state index contributed by atoms with van der Waals surface area (Å²) in [6, 6.07) is 7.07. The Labute approximate surface area is 119 Å². The first-order valence-electron chi connectivity index (χ1n) is 4.88. The minimum Gasteiger partial charge on any atom is -0.384 e. The van der Waals surface area contributed by atoms with Crippen molar-refractivity contribution < 1.29 is 5.11 Å². The van der Waals surface area contributed by atoms with Crippen molar-refractivity contribution in [3.05, 3.63) is 54.7 Å². The third-order valence-electron chi connectivity index (χ3n) is 2.48. The summed E-state index contributed by atoms with van der Waals surface area (Å²) in [7, 11) is 0. The molecule has 17 heavy (non-hydrogen) atoms. The summed E-state index contributed by atoms with van der Waals surface area (Å²) >= 11 is 19.0. The molecule has 0 aliphatic rings. The molecule has 0 radical (unpaired) electrons. The molecule has 90 valence electrons. The number of thiophene rings is 1. The van der Waals surface area contributed by atoms with Crippen molar-refractivity contribution >= 4 is 46.1 Å². The Hall–Kier alpha value is -0.250. The second kappa shape index (κ2) is 5.17. The van der Waals surface area contributed by atoms with Gasteiger partial charge >= 0.3 is 0 Å². The average molecular weight is 308 g/mol. The van der Waals surface area contributed by atoms with Gasteiger partial charge < -0.3 is 5.11 Å². The number of rotatable bonds is 2. The summed E-state index contributed by atoms with van der Waals surface area (Å²) in [5.41, 5.74) is 2.30.